The minimum Gasteiger partial charge on any atom is -0.370 e. The number of unbranched alkanes of at least 4 members (excludes halogenated alkanes) is 1. The Kier molecular flexibility index (Phi) is 9.85. The first kappa shape index (κ1) is 21.7. The number of benzene rings is 1. The SMILES string of the molecule is CCCCNC(=O)c1ccc(CN=C(N)N2CCCC(C)C2)cc1.I. The molecule has 2 rings (SSSR count). The molecule has 1 heterocycles. The third-order valence-corrected chi connectivity index (χ3v) is 4.44. The van der Waals surface area contributed by atoms with Crippen molar-refractivity contribution in [3.8, 4) is 0 Å². The summed E-state index contributed by atoms with van der Waals surface area (Å²) in [6.45, 7) is 7.63. The van der Waals surface area contributed by atoms with E-state index < -0.39 is 0 Å². The molecule has 0 saturated carbocycles. The van der Waals surface area contributed by atoms with E-state index in [4.69, 9.17) is 5.73 Å². The molecule has 0 bridgehead atoms. The highest BCUT2D eigenvalue weighted by Gasteiger charge is 2.17. The number of hydrogen-bond acceptors (Lipinski definition) is 2. The largest absolute Gasteiger partial charge is 0.370 e. The van der Waals surface area contributed by atoms with Gasteiger partial charge in [0, 0.05) is 25.2 Å². The Balaban J connectivity index is 0.00000312. The second-order valence-electron chi connectivity index (χ2n) is 6.67. The summed E-state index contributed by atoms with van der Waals surface area (Å²) in [6, 6.07) is 7.60. The molecular formula is C19H31IN4O. The summed E-state index contributed by atoms with van der Waals surface area (Å²) in [4.78, 5) is 18.6. The fourth-order valence-electron chi connectivity index (χ4n) is 2.91. The van der Waals surface area contributed by atoms with Crippen molar-refractivity contribution in [1.82, 2.24) is 10.2 Å². The molecule has 1 aliphatic rings. The molecule has 6 heteroatoms. The summed E-state index contributed by atoms with van der Waals surface area (Å²) in [5.74, 6) is 1.29. The number of rotatable bonds is 6. The smallest absolute Gasteiger partial charge is 0.251 e. The summed E-state index contributed by atoms with van der Waals surface area (Å²) < 4.78 is 0. The Labute approximate surface area is 168 Å². The fourth-order valence-corrected chi connectivity index (χ4v) is 2.91. The average Bonchev–Trinajstić information content (AvgIpc) is 2.60. The van der Waals surface area contributed by atoms with Crippen LogP contribution in [0.1, 0.15) is 55.5 Å². The van der Waals surface area contributed by atoms with E-state index in [9.17, 15) is 4.79 Å². The molecule has 1 aromatic carbocycles. The van der Waals surface area contributed by atoms with Gasteiger partial charge in [-0.05, 0) is 42.9 Å². The Hall–Kier alpha value is -1.31. The highest BCUT2D eigenvalue weighted by molar-refractivity contribution is 14.0. The lowest BCUT2D eigenvalue weighted by Gasteiger charge is -2.31. The van der Waals surface area contributed by atoms with E-state index in [0.29, 0.717) is 24.0 Å². The average molecular weight is 458 g/mol. The Bertz CT molecular complexity index is 559. The number of halogens is 1. The van der Waals surface area contributed by atoms with Crippen molar-refractivity contribution in [2.24, 2.45) is 16.6 Å². The predicted octanol–water partition coefficient (Wildman–Crippen LogP) is 3.38. The molecular weight excluding hydrogens is 427 g/mol. The third kappa shape index (κ3) is 7.22. The van der Waals surface area contributed by atoms with Crippen LogP contribution in [0, 0.1) is 5.92 Å². The second kappa shape index (κ2) is 11.3. The van der Waals surface area contributed by atoms with Crippen LogP contribution in [0.15, 0.2) is 29.3 Å². The Morgan fingerprint density at radius 2 is 2.08 bits per heavy atom. The first-order valence-electron chi connectivity index (χ1n) is 9.02. The number of hydrogen-bond donors (Lipinski definition) is 2. The molecule has 0 aromatic heterocycles. The zero-order chi connectivity index (χ0) is 17.4. The number of nitrogens with one attached hydrogen (secondary N) is 1. The number of carbonyl (C=O) groups is 1. The minimum atomic E-state index is -0.0136. The van der Waals surface area contributed by atoms with E-state index >= 15 is 0 Å². The molecule has 3 N–H and O–H groups in total. The molecule has 1 fully saturated rings. The molecule has 0 aliphatic carbocycles. The quantitative estimate of drug-likeness (QED) is 0.297. The molecule has 1 unspecified atom stereocenters. The number of carbonyl (C=O) groups excluding carboxylic acids is 1. The van der Waals surface area contributed by atoms with Crippen molar-refractivity contribution < 1.29 is 4.79 Å². The first-order valence-corrected chi connectivity index (χ1v) is 9.02. The number of guanidine groups is 1. The van der Waals surface area contributed by atoms with Gasteiger partial charge in [-0.1, -0.05) is 32.4 Å². The molecule has 1 aliphatic heterocycles. The summed E-state index contributed by atoms with van der Waals surface area (Å²) in [6.07, 6.45) is 4.53. The lowest BCUT2D eigenvalue weighted by molar-refractivity contribution is 0.0953. The molecule has 0 spiro atoms. The zero-order valence-electron chi connectivity index (χ0n) is 15.3. The summed E-state index contributed by atoms with van der Waals surface area (Å²) in [7, 11) is 0. The van der Waals surface area contributed by atoms with Crippen LogP contribution in [0.5, 0.6) is 0 Å². The maximum absolute atomic E-state index is 12.0. The standard InChI is InChI=1S/C19H30N4O.HI/c1-3-4-11-21-18(24)17-9-7-16(8-10-17)13-22-19(20)23-12-5-6-15(2)14-23;/h7-10,15H,3-6,11-14H2,1-2H3,(H2,20,22)(H,21,24);1H. The molecule has 140 valence electrons. The molecule has 1 aromatic rings. The van der Waals surface area contributed by atoms with Gasteiger partial charge in [0.25, 0.3) is 5.91 Å². The summed E-state index contributed by atoms with van der Waals surface area (Å²) >= 11 is 0. The van der Waals surface area contributed by atoms with Gasteiger partial charge < -0.3 is 16.0 Å². The first-order chi connectivity index (χ1) is 11.6. The van der Waals surface area contributed by atoms with Gasteiger partial charge in [-0.15, -0.1) is 24.0 Å². The van der Waals surface area contributed by atoms with Crippen molar-refractivity contribution in [2.45, 2.75) is 46.1 Å². The predicted molar refractivity (Wildman–Crippen MR) is 114 cm³/mol. The van der Waals surface area contributed by atoms with Gasteiger partial charge in [-0.3, -0.25) is 4.79 Å². The monoisotopic (exact) mass is 458 g/mol. The van der Waals surface area contributed by atoms with Crippen LogP contribution < -0.4 is 11.1 Å². The van der Waals surface area contributed by atoms with Gasteiger partial charge in [0.2, 0.25) is 0 Å². The number of aliphatic imine (C=N–C) groups is 1. The van der Waals surface area contributed by atoms with Crippen LogP contribution in [0.3, 0.4) is 0 Å². The fraction of sp³-hybridized carbons (Fsp3) is 0.579. The van der Waals surface area contributed by atoms with Gasteiger partial charge in [0.1, 0.15) is 0 Å². The second-order valence-corrected chi connectivity index (χ2v) is 6.67. The van der Waals surface area contributed by atoms with Crippen LogP contribution in [-0.4, -0.2) is 36.4 Å². The van der Waals surface area contributed by atoms with Crippen molar-refractivity contribution in [2.75, 3.05) is 19.6 Å². The van der Waals surface area contributed by atoms with Crippen LogP contribution in [0.4, 0.5) is 0 Å². The third-order valence-electron chi connectivity index (χ3n) is 4.44. The van der Waals surface area contributed by atoms with E-state index in [2.05, 4.69) is 29.1 Å². The highest BCUT2D eigenvalue weighted by atomic mass is 127. The van der Waals surface area contributed by atoms with Gasteiger partial charge in [-0.25, -0.2) is 4.99 Å². The number of amides is 1. The van der Waals surface area contributed by atoms with Crippen LogP contribution in [0.2, 0.25) is 0 Å². The zero-order valence-corrected chi connectivity index (χ0v) is 17.7. The number of likely N-dealkylation sites (tertiary alicyclic amines) is 1. The topological polar surface area (TPSA) is 70.7 Å². The van der Waals surface area contributed by atoms with E-state index in [-0.39, 0.29) is 29.9 Å². The van der Waals surface area contributed by atoms with Gasteiger partial charge >= 0.3 is 0 Å². The lowest BCUT2D eigenvalue weighted by Crippen LogP contribution is -2.43. The van der Waals surface area contributed by atoms with Gasteiger partial charge in [-0.2, -0.15) is 0 Å². The van der Waals surface area contributed by atoms with Crippen molar-refractivity contribution in [3.63, 3.8) is 0 Å². The van der Waals surface area contributed by atoms with Crippen LogP contribution >= 0.6 is 24.0 Å². The van der Waals surface area contributed by atoms with Crippen molar-refractivity contribution >= 4 is 35.8 Å². The maximum Gasteiger partial charge on any atom is 0.251 e. The van der Waals surface area contributed by atoms with E-state index in [1.54, 1.807) is 0 Å². The van der Waals surface area contributed by atoms with Crippen molar-refractivity contribution in [3.05, 3.63) is 35.4 Å². The lowest BCUT2D eigenvalue weighted by atomic mass is 10.0. The maximum atomic E-state index is 12.0. The van der Waals surface area contributed by atoms with Crippen LogP contribution in [0.25, 0.3) is 0 Å². The number of nitrogens with two attached hydrogens (primary N) is 1. The molecule has 0 radical (unpaired) electrons. The molecule has 1 amide bonds. The van der Waals surface area contributed by atoms with Gasteiger partial charge in [0.05, 0.1) is 6.54 Å². The number of nitrogens with zero attached hydrogens (tertiary/aromatic N) is 2. The van der Waals surface area contributed by atoms with Crippen molar-refractivity contribution in [1.29, 1.82) is 0 Å². The van der Waals surface area contributed by atoms with Gasteiger partial charge in [0.15, 0.2) is 5.96 Å². The Morgan fingerprint density at radius 3 is 2.72 bits per heavy atom. The molecule has 1 saturated heterocycles. The van der Waals surface area contributed by atoms with E-state index in [0.717, 1.165) is 38.0 Å². The summed E-state index contributed by atoms with van der Waals surface area (Å²) in [5.41, 5.74) is 7.87. The van der Waals surface area contributed by atoms with E-state index in [1.165, 1.54) is 12.8 Å². The Morgan fingerprint density at radius 1 is 1.36 bits per heavy atom. The van der Waals surface area contributed by atoms with Crippen LogP contribution in [-0.2, 0) is 6.54 Å². The molecule has 25 heavy (non-hydrogen) atoms. The number of piperidine rings is 1. The minimum absolute atomic E-state index is 0. The normalized spacial score (nSPS) is 17.8. The van der Waals surface area contributed by atoms with E-state index in [1.807, 2.05) is 24.3 Å². The highest BCUT2D eigenvalue weighted by Crippen LogP contribution is 2.15. The molecule has 5 nitrogen and oxygen atoms in total. The summed E-state index contributed by atoms with van der Waals surface area (Å²) in [5, 5.41) is 2.92. The molecule has 1 atom stereocenters.